The smallest absolute Gasteiger partial charge is 0.272 e. The molecule has 0 atom stereocenters. The minimum Gasteiger partial charge on any atom is -0.497 e. The fraction of sp³-hybridized carbons (Fsp3) is 0.176. The van der Waals surface area contributed by atoms with Gasteiger partial charge in [0, 0.05) is 10.6 Å². The molecule has 0 saturated carbocycles. The molecular weight excluding hydrogens is 372 g/mol. The van der Waals surface area contributed by atoms with Crippen molar-refractivity contribution in [2.75, 3.05) is 17.1 Å². The summed E-state index contributed by atoms with van der Waals surface area (Å²) in [4.78, 5) is 1.01. The lowest BCUT2D eigenvalue weighted by Gasteiger charge is -2.08. The number of anilines is 3. The van der Waals surface area contributed by atoms with E-state index in [-0.39, 0.29) is 10.0 Å². The van der Waals surface area contributed by atoms with E-state index in [4.69, 9.17) is 4.74 Å². The Morgan fingerprint density at radius 3 is 2.27 bits per heavy atom. The lowest BCUT2D eigenvalue weighted by atomic mass is 10.3. The Bertz CT molecular complexity index is 968. The molecular formula is C17H18N4O3S2. The molecule has 26 heavy (non-hydrogen) atoms. The summed E-state index contributed by atoms with van der Waals surface area (Å²) in [6.07, 6.45) is 0.797. The van der Waals surface area contributed by atoms with Gasteiger partial charge in [-0.05, 0) is 55.0 Å². The lowest BCUT2D eigenvalue weighted by Crippen LogP contribution is -2.13. The SMILES string of the molecule is CCc1ccc(S(=O)(=O)Nc2ccc(Nc3ccc(OC)cc3)nn2)s1. The van der Waals surface area contributed by atoms with Gasteiger partial charge in [0.05, 0.1) is 7.11 Å². The molecule has 0 spiro atoms. The number of aromatic nitrogens is 2. The fourth-order valence-corrected chi connectivity index (χ4v) is 4.45. The topological polar surface area (TPSA) is 93.2 Å². The highest BCUT2D eigenvalue weighted by Gasteiger charge is 2.17. The number of hydrogen-bond acceptors (Lipinski definition) is 7. The average Bonchev–Trinajstić information content (AvgIpc) is 3.14. The van der Waals surface area contributed by atoms with E-state index in [2.05, 4.69) is 20.2 Å². The molecule has 0 aliphatic heterocycles. The number of rotatable bonds is 7. The quantitative estimate of drug-likeness (QED) is 0.640. The van der Waals surface area contributed by atoms with E-state index >= 15 is 0 Å². The monoisotopic (exact) mass is 390 g/mol. The molecule has 1 aromatic carbocycles. The summed E-state index contributed by atoms with van der Waals surface area (Å²) in [5.74, 6) is 1.42. The number of ether oxygens (including phenoxy) is 1. The van der Waals surface area contributed by atoms with Crippen molar-refractivity contribution in [3.8, 4) is 5.75 Å². The van der Waals surface area contributed by atoms with Crippen LogP contribution in [0.2, 0.25) is 0 Å². The molecule has 3 aromatic rings. The van der Waals surface area contributed by atoms with E-state index in [9.17, 15) is 8.42 Å². The maximum Gasteiger partial charge on any atom is 0.272 e. The molecule has 0 saturated heterocycles. The van der Waals surface area contributed by atoms with Crippen LogP contribution < -0.4 is 14.8 Å². The number of methoxy groups -OCH3 is 1. The molecule has 9 heteroatoms. The predicted molar refractivity (Wildman–Crippen MR) is 103 cm³/mol. The zero-order valence-corrected chi connectivity index (χ0v) is 15.9. The first kappa shape index (κ1) is 18.2. The third-order valence-electron chi connectivity index (χ3n) is 3.52. The first-order valence-electron chi connectivity index (χ1n) is 7.86. The van der Waals surface area contributed by atoms with Gasteiger partial charge in [-0.15, -0.1) is 21.5 Å². The van der Waals surface area contributed by atoms with Crippen LogP contribution in [0.15, 0.2) is 52.7 Å². The van der Waals surface area contributed by atoms with Crippen molar-refractivity contribution < 1.29 is 13.2 Å². The van der Waals surface area contributed by atoms with Gasteiger partial charge in [-0.2, -0.15) is 0 Å². The summed E-state index contributed by atoms with van der Waals surface area (Å²) in [5.41, 5.74) is 0.819. The summed E-state index contributed by atoms with van der Waals surface area (Å²) in [6.45, 7) is 1.98. The van der Waals surface area contributed by atoms with Gasteiger partial charge < -0.3 is 10.1 Å². The van der Waals surface area contributed by atoms with Crippen molar-refractivity contribution in [3.63, 3.8) is 0 Å². The Hall–Kier alpha value is -2.65. The zero-order valence-electron chi connectivity index (χ0n) is 14.3. The van der Waals surface area contributed by atoms with E-state index < -0.39 is 10.0 Å². The van der Waals surface area contributed by atoms with Crippen LogP contribution in [-0.4, -0.2) is 25.7 Å². The largest absolute Gasteiger partial charge is 0.497 e. The lowest BCUT2D eigenvalue weighted by molar-refractivity contribution is 0.415. The van der Waals surface area contributed by atoms with Gasteiger partial charge in [-0.3, -0.25) is 4.72 Å². The van der Waals surface area contributed by atoms with Crippen LogP contribution in [0.1, 0.15) is 11.8 Å². The van der Waals surface area contributed by atoms with Crippen LogP contribution >= 0.6 is 11.3 Å². The zero-order chi connectivity index (χ0) is 18.6. The summed E-state index contributed by atoms with van der Waals surface area (Å²) < 4.78 is 32.6. The molecule has 0 aliphatic carbocycles. The number of sulfonamides is 1. The Kier molecular flexibility index (Phi) is 5.38. The van der Waals surface area contributed by atoms with Gasteiger partial charge in [0.2, 0.25) is 0 Å². The summed E-state index contributed by atoms with van der Waals surface area (Å²) in [6, 6.07) is 14.0. The number of aryl methyl sites for hydroxylation is 1. The first-order chi connectivity index (χ1) is 12.5. The predicted octanol–water partition coefficient (Wildman–Crippen LogP) is 3.65. The van der Waals surface area contributed by atoms with Crippen molar-refractivity contribution in [1.82, 2.24) is 10.2 Å². The summed E-state index contributed by atoms with van der Waals surface area (Å²) in [5, 5.41) is 11.0. The van der Waals surface area contributed by atoms with E-state index in [1.165, 1.54) is 11.3 Å². The third kappa shape index (κ3) is 4.30. The molecule has 136 valence electrons. The molecule has 2 aromatic heterocycles. The summed E-state index contributed by atoms with van der Waals surface area (Å²) in [7, 11) is -2.05. The highest BCUT2D eigenvalue weighted by atomic mass is 32.2. The Labute approximate surface area is 156 Å². The fourth-order valence-electron chi connectivity index (χ4n) is 2.16. The average molecular weight is 390 g/mol. The Morgan fingerprint density at radius 2 is 1.69 bits per heavy atom. The maximum atomic E-state index is 12.4. The van der Waals surface area contributed by atoms with Crippen LogP contribution in [0.5, 0.6) is 5.75 Å². The molecule has 0 amide bonds. The van der Waals surface area contributed by atoms with E-state index in [1.54, 1.807) is 25.3 Å². The van der Waals surface area contributed by atoms with Crippen LogP contribution in [-0.2, 0) is 16.4 Å². The second-order valence-corrected chi connectivity index (χ2v) is 8.41. The van der Waals surface area contributed by atoms with Gasteiger partial charge in [0.15, 0.2) is 11.6 Å². The van der Waals surface area contributed by atoms with E-state index in [0.717, 1.165) is 22.7 Å². The molecule has 2 heterocycles. The number of nitrogens with one attached hydrogen (secondary N) is 2. The van der Waals surface area contributed by atoms with Gasteiger partial charge in [-0.25, -0.2) is 8.42 Å². The molecule has 7 nitrogen and oxygen atoms in total. The number of hydrogen-bond donors (Lipinski definition) is 2. The molecule has 0 radical (unpaired) electrons. The minimum absolute atomic E-state index is 0.164. The first-order valence-corrected chi connectivity index (χ1v) is 10.2. The molecule has 0 aliphatic rings. The highest BCUT2D eigenvalue weighted by Crippen LogP contribution is 2.24. The molecule has 2 N–H and O–H groups in total. The van der Waals surface area contributed by atoms with Gasteiger partial charge >= 0.3 is 0 Å². The number of benzene rings is 1. The number of nitrogens with zero attached hydrogens (tertiary/aromatic N) is 2. The number of thiophene rings is 1. The standard InChI is InChI=1S/C17H18N4O3S2/c1-3-14-8-11-17(25-14)26(22,23)21-16-10-9-15(19-20-16)18-12-4-6-13(24-2)7-5-12/h4-11H,3H2,1-2H3,(H,18,19)(H,20,21). The molecule has 0 fully saturated rings. The van der Waals surface area contributed by atoms with Crippen LogP contribution in [0.3, 0.4) is 0 Å². The van der Waals surface area contributed by atoms with Gasteiger partial charge in [-0.1, -0.05) is 6.92 Å². The second-order valence-electron chi connectivity index (χ2n) is 5.34. The van der Waals surface area contributed by atoms with E-state index in [1.807, 2.05) is 37.3 Å². The maximum absolute atomic E-state index is 12.4. The van der Waals surface area contributed by atoms with Crippen molar-refractivity contribution in [2.45, 2.75) is 17.6 Å². The van der Waals surface area contributed by atoms with Crippen molar-refractivity contribution >= 4 is 38.7 Å². The normalized spacial score (nSPS) is 11.2. The van der Waals surface area contributed by atoms with Gasteiger partial charge in [0.1, 0.15) is 9.96 Å². The Balaban J connectivity index is 1.68. The third-order valence-corrected chi connectivity index (χ3v) is 6.59. The van der Waals surface area contributed by atoms with Crippen LogP contribution in [0, 0.1) is 0 Å². The van der Waals surface area contributed by atoms with Crippen molar-refractivity contribution in [2.24, 2.45) is 0 Å². The van der Waals surface area contributed by atoms with Gasteiger partial charge in [0.25, 0.3) is 10.0 Å². The second kappa shape index (κ2) is 7.71. The van der Waals surface area contributed by atoms with Crippen molar-refractivity contribution in [1.29, 1.82) is 0 Å². The minimum atomic E-state index is -3.65. The van der Waals surface area contributed by atoms with Crippen molar-refractivity contribution in [3.05, 3.63) is 53.4 Å². The molecule has 0 unspecified atom stereocenters. The van der Waals surface area contributed by atoms with Crippen LogP contribution in [0.25, 0.3) is 0 Å². The molecule has 0 bridgehead atoms. The molecule has 3 rings (SSSR count). The van der Waals surface area contributed by atoms with Crippen LogP contribution in [0.4, 0.5) is 17.3 Å². The Morgan fingerprint density at radius 1 is 1.00 bits per heavy atom. The highest BCUT2D eigenvalue weighted by molar-refractivity contribution is 7.94. The van der Waals surface area contributed by atoms with E-state index in [0.29, 0.717) is 5.82 Å². The summed E-state index contributed by atoms with van der Waals surface area (Å²) >= 11 is 1.25.